The number of rotatable bonds is 3. The van der Waals surface area contributed by atoms with Gasteiger partial charge in [-0.05, 0) is 45.6 Å². The summed E-state index contributed by atoms with van der Waals surface area (Å²) in [6.45, 7) is 5.47. The zero-order valence-corrected chi connectivity index (χ0v) is 13.9. The van der Waals surface area contributed by atoms with Crippen molar-refractivity contribution < 1.29 is 19.4 Å². The van der Waals surface area contributed by atoms with Gasteiger partial charge in [0.25, 0.3) is 0 Å². The van der Waals surface area contributed by atoms with Crippen LogP contribution in [0.3, 0.4) is 0 Å². The number of ether oxygens (including phenoxy) is 1. The van der Waals surface area contributed by atoms with Crippen molar-refractivity contribution in [2.24, 2.45) is 0 Å². The molecule has 2 unspecified atom stereocenters. The topological polar surface area (TPSA) is 75.6 Å². The minimum absolute atomic E-state index is 0.121. The lowest BCUT2D eigenvalue weighted by molar-refractivity contribution is -0.136. The van der Waals surface area contributed by atoms with Crippen molar-refractivity contribution in [3.8, 4) is 0 Å². The van der Waals surface area contributed by atoms with Crippen LogP contribution in [0.5, 0.6) is 0 Å². The van der Waals surface area contributed by atoms with E-state index in [-0.39, 0.29) is 12.5 Å². The molecular weight excluding hydrogens is 302 g/mol. The van der Waals surface area contributed by atoms with Crippen LogP contribution in [0.1, 0.15) is 65.3 Å². The first kappa shape index (κ1) is 15.5. The van der Waals surface area contributed by atoms with E-state index in [4.69, 9.17) is 9.84 Å². The Labute approximate surface area is 133 Å². The van der Waals surface area contributed by atoms with Crippen molar-refractivity contribution in [1.29, 1.82) is 0 Å². The van der Waals surface area contributed by atoms with Crippen LogP contribution in [0.2, 0.25) is 0 Å². The molecule has 1 saturated heterocycles. The van der Waals surface area contributed by atoms with Crippen molar-refractivity contribution in [3.05, 3.63) is 20.9 Å². The Hall–Kier alpha value is -1.40. The van der Waals surface area contributed by atoms with Crippen LogP contribution >= 0.6 is 11.3 Å². The van der Waals surface area contributed by atoms with Crippen molar-refractivity contribution in [2.75, 3.05) is 0 Å². The number of carboxylic acid groups (broad SMARTS) is 1. The first-order chi connectivity index (χ1) is 10.2. The molecule has 2 N–H and O–H groups in total. The Kier molecular flexibility index (Phi) is 3.77. The van der Waals surface area contributed by atoms with E-state index in [0.717, 1.165) is 29.7 Å². The summed E-state index contributed by atoms with van der Waals surface area (Å²) in [6.07, 6.45) is 2.86. The van der Waals surface area contributed by atoms with Crippen LogP contribution in [0.15, 0.2) is 0 Å². The molecule has 2 aliphatic heterocycles. The number of nitrogens with one attached hydrogen (secondary N) is 1. The molecule has 1 aromatic rings. The van der Waals surface area contributed by atoms with Gasteiger partial charge in [0.1, 0.15) is 5.60 Å². The molecule has 3 heterocycles. The van der Waals surface area contributed by atoms with E-state index in [9.17, 15) is 9.59 Å². The monoisotopic (exact) mass is 323 g/mol. The summed E-state index contributed by atoms with van der Waals surface area (Å²) in [5.41, 5.74) is 0.895. The van der Waals surface area contributed by atoms with Gasteiger partial charge < -0.3 is 15.2 Å². The molecule has 2 atom stereocenters. The van der Waals surface area contributed by atoms with Gasteiger partial charge in [-0.25, -0.2) is 4.79 Å². The molecule has 0 saturated carbocycles. The van der Waals surface area contributed by atoms with E-state index in [1.807, 2.05) is 20.8 Å². The van der Waals surface area contributed by atoms with Crippen molar-refractivity contribution >= 4 is 23.3 Å². The Morgan fingerprint density at radius 3 is 2.73 bits per heavy atom. The third kappa shape index (κ3) is 2.90. The zero-order chi connectivity index (χ0) is 16.1. The van der Waals surface area contributed by atoms with Gasteiger partial charge in [-0.15, -0.1) is 11.3 Å². The molecule has 2 bridgehead atoms. The third-order valence-electron chi connectivity index (χ3n) is 4.03. The predicted octanol–water partition coefficient (Wildman–Crippen LogP) is 2.68. The molecule has 2 aliphatic rings. The zero-order valence-electron chi connectivity index (χ0n) is 13.1. The summed E-state index contributed by atoms with van der Waals surface area (Å²) in [5, 5.41) is 12.7. The quantitative estimate of drug-likeness (QED) is 0.837. The molecular formula is C16H21NO4S. The first-order valence-electron chi connectivity index (χ1n) is 7.60. The number of hydrogen-bond donors (Lipinski definition) is 2. The first-order valence-corrected chi connectivity index (χ1v) is 8.42. The normalized spacial score (nSPS) is 23.2. The van der Waals surface area contributed by atoms with Gasteiger partial charge >= 0.3 is 11.9 Å². The van der Waals surface area contributed by atoms with E-state index < -0.39 is 17.5 Å². The van der Waals surface area contributed by atoms with Crippen molar-refractivity contribution in [3.63, 3.8) is 0 Å². The highest BCUT2D eigenvalue weighted by Crippen LogP contribution is 2.44. The molecule has 3 rings (SSSR count). The number of carbonyl (C=O) groups excluding carboxylic acids is 1. The van der Waals surface area contributed by atoms with E-state index in [0.29, 0.717) is 16.5 Å². The maximum absolute atomic E-state index is 12.6. The summed E-state index contributed by atoms with van der Waals surface area (Å²) in [7, 11) is 0. The molecule has 0 aliphatic carbocycles. The van der Waals surface area contributed by atoms with E-state index >= 15 is 0 Å². The number of carbonyl (C=O) groups is 2. The SMILES string of the molecule is CC(C)(C)OC(=O)c1c(CC(=O)O)sc2c1C1CCC(C2)N1. The molecule has 1 fully saturated rings. The maximum Gasteiger partial charge on any atom is 0.340 e. The van der Waals surface area contributed by atoms with Crippen molar-refractivity contribution in [1.82, 2.24) is 5.32 Å². The molecule has 0 aromatic carbocycles. The second-order valence-electron chi connectivity index (χ2n) is 7.01. The highest BCUT2D eigenvalue weighted by molar-refractivity contribution is 7.12. The third-order valence-corrected chi connectivity index (χ3v) is 5.26. The highest BCUT2D eigenvalue weighted by Gasteiger charge is 2.39. The lowest BCUT2D eigenvalue weighted by atomic mass is 9.97. The standard InChI is InChI=1S/C16H21NO4S/c1-16(2,3)21-15(20)14-11(7-12(18)19)22-10-6-8-4-5-9(17-8)13(10)14/h8-9,17H,4-7H2,1-3H3,(H,18,19). The fourth-order valence-corrected chi connectivity index (χ4v) is 4.74. The van der Waals surface area contributed by atoms with Crippen LogP contribution in [0.4, 0.5) is 0 Å². The molecule has 0 amide bonds. The van der Waals surface area contributed by atoms with Gasteiger partial charge in [-0.1, -0.05) is 0 Å². The Bertz CT molecular complexity index is 629. The molecule has 5 nitrogen and oxygen atoms in total. The number of esters is 1. The van der Waals surface area contributed by atoms with Gasteiger partial charge in [0.2, 0.25) is 0 Å². The smallest absolute Gasteiger partial charge is 0.340 e. The number of thiophene rings is 1. The summed E-state index contributed by atoms with van der Waals surface area (Å²) >= 11 is 1.47. The Balaban J connectivity index is 2.03. The lowest BCUT2D eigenvalue weighted by Crippen LogP contribution is -2.32. The second kappa shape index (κ2) is 5.35. The minimum Gasteiger partial charge on any atom is -0.481 e. The number of aliphatic carboxylic acids is 1. The molecule has 6 heteroatoms. The molecule has 22 heavy (non-hydrogen) atoms. The number of fused-ring (bicyclic) bond motifs is 4. The summed E-state index contributed by atoms with van der Waals surface area (Å²) < 4.78 is 5.52. The average Bonchev–Trinajstić information content (AvgIpc) is 2.89. The average molecular weight is 323 g/mol. The van der Waals surface area contributed by atoms with Crippen LogP contribution < -0.4 is 5.32 Å². The van der Waals surface area contributed by atoms with Crippen LogP contribution in [0.25, 0.3) is 0 Å². The fraction of sp³-hybridized carbons (Fsp3) is 0.625. The summed E-state index contributed by atoms with van der Waals surface area (Å²) in [5.74, 6) is -1.31. The maximum atomic E-state index is 12.6. The highest BCUT2D eigenvalue weighted by atomic mass is 32.1. The van der Waals surface area contributed by atoms with Gasteiger partial charge in [0.05, 0.1) is 12.0 Å². The molecule has 1 aromatic heterocycles. The van der Waals surface area contributed by atoms with Crippen LogP contribution in [-0.4, -0.2) is 28.7 Å². The molecule has 0 radical (unpaired) electrons. The van der Waals surface area contributed by atoms with Crippen LogP contribution in [-0.2, 0) is 22.4 Å². The predicted molar refractivity (Wildman–Crippen MR) is 83.4 cm³/mol. The van der Waals surface area contributed by atoms with Gasteiger partial charge in [-0.2, -0.15) is 0 Å². The van der Waals surface area contributed by atoms with E-state index in [1.54, 1.807) is 0 Å². The largest absolute Gasteiger partial charge is 0.481 e. The van der Waals surface area contributed by atoms with Gasteiger partial charge in [-0.3, -0.25) is 4.79 Å². The summed E-state index contributed by atoms with van der Waals surface area (Å²) in [6, 6.07) is 0.621. The minimum atomic E-state index is -0.915. The Morgan fingerprint density at radius 2 is 2.09 bits per heavy atom. The van der Waals surface area contributed by atoms with Gasteiger partial charge in [0, 0.05) is 21.8 Å². The Morgan fingerprint density at radius 1 is 1.36 bits per heavy atom. The van der Waals surface area contributed by atoms with Gasteiger partial charge in [0.15, 0.2) is 0 Å². The summed E-state index contributed by atoms with van der Waals surface area (Å²) in [4.78, 5) is 25.6. The van der Waals surface area contributed by atoms with E-state index in [1.165, 1.54) is 11.3 Å². The number of carboxylic acids is 1. The van der Waals surface area contributed by atoms with Crippen LogP contribution in [0, 0.1) is 0 Å². The fourth-order valence-electron chi connectivity index (χ4n) is 3.31. The number of hydrogen-bond acceptors (Lipinski definition) is 5. The second-order valence-corrected chi connectivity index (χ2v) is 8.20. The molecule has 120 valence electrons. The van der Waals surface area contributed by atoms with Crippen molar-refractivity contribution in [2.45, 2.75) is 64.1 Å². The van der Waals surface area contributed by atoms with E-state index in [2.05, 4.69) is 5.32 Å². The molecule has 0 spiro atoms. The lowest BCUT2D eigenvalue weighted by Gasteiger charge is -2.24.